The van der Waals surface area contributed by atoms with E-state index in [1.807, 2.05) is 30.6 Å². The minimum absolute atomic E-state index is 0.0152. The maximum absolute atomic E-state index is 12.9. The largest absolute Gasteiger partial charge is 0.372 e. The van der Waals surface area contributed by atoms with Gasteiger partial charge in [-0.05, 0) is 32.9 Å². The highest BCUT2D eigenvalue weighted by Crippen LogP contribution is 2.31. The number of morpholine rings is 1. The van der Waals surface area contributed by atoms with Crippen molar-refractivity contribution in [2.45, 2.75) is 39.0 Å². The first-order valence-corrected chi connectivity index (χ1v) is 10.0. The number of rotatable bonds is 4. The Kier molecular flexibility index (Phi) is 6.42. The van der Waals surface area contributed by atoms with E-state index < -0.39 is 4.92 Å². The number of amides is 1. The van der Waals surface area contributed by atoms with Crippen LogP contribution in [0.1, 0.15) is 20.8 Å². The number of nitrogens with zero attached hydrogens (tertiary/aromatic N) is 4. The number of halogens is 1. The first kappa shape index (κ1) is 20.8. The van der Waals surface area contributed by atoms with Gasteiger partial charge in [-0.1, -0.05) is 11.6 Å². The summed E-state index contributed by atoms with van der Waals surface area (Å²) in [6, 6.07) is 4.53. The van der Waals surface area contributed by atoms with Gasteiger partial charge in [-0.25, -0.2) is 0 Å². The van der Waals surface area contributed by atoms with Crippen LogP contribution in [0.2, 0.25) is 5.02 Å². The summed E-state index contributed by atoms with van der Waals surface area (Å²) in [6.45, 7) is 9.72. The van der Waals surface area contributed by atoms with E-state index in [9.17, 15) is 14.9 Å². The van der Waals surface area contributed by atoms with Gasteiger partial charge in [0.25, 0.3) is 5.69 Å². The van der Waals surface area contributed by atoms with E-state index in [1.165, 1.54) is 6.07 Å². The van der Waals surface area contributed by atoms with Crippen LogP contribution in [0.25, 0.3) is 0 Å². The van der Waals surface area contributed by atoms with E-state index >= 15 is 0 Å². The Labute approximate surface area is 170 Å². The fourth-order valence-electron chi connectivity index (χ4n) is 4.04. The summed E-state index contributed by atoms with van der Waals surface area (Å²) in [4.78, 5) is 29.9. The third-order valence-electron chi connectivity index (χ3n) is 5.43. The molecule has 154 valence electrons. The Morgan fingerprint density at radius 3 is 2.39 bits per heavy atom. The number of piperazine rings is 1. The van der Waals surface area contributed by atoms with Gasteiger partial charge in [-0.15, -0.1) is 0 Å². The van der Waals surface area contributed by atoms with E-state index in [4.69, 9.17) is 16.3 Å². The lowest BCUT2D eigenvalue weighted by molar-refractivity contribution is -0.384. The maximum atomic E-state index is 12.9. The summed E-state index contributed by atoms with van der Waals surface area (Å²) in [7, 11) is 0. The van der Waals surface area contributed by atoms with E-state index in [0.717, 1.165) is 0 Å². The van der Waals surface area contributed by atoms with Crippen molar-refractivity contribution in [2.24, 2.45) is 0 Å². The van der Waals surface area contributed by atoms with Gasteiger partial charge in [-0.2, -0.15) is 0 Å². The molecule has 1 amide bonds. The van der Waals surface area contributed by atoms with Crippen LogP contribution in [0.4, 0.5) is 11.4 Å². The number of carbonyl (C=O) groups excluding carboxylic acids is 1. The standard InChI is InChI=1S/C19H27ClN4O4/c1-13-11-23(12-14(2)28-13)19(25)15(3)21-6-8-22(9-7-21)17-5-4-16(20)10-18(17)24(26)27/h4-5,10,13-15H,6-9,11-12H2,1-3H3. The third-order valence-corrected chi connectivity index (χ3v) is 5.66. The Morgan fingerprint density at radius 1 is 1.21 bits per heavy atom. The minimum atomic E-state index is -0.402. The molecule has 1 aromatic rings. The molecule has 3 rings (SSSR count). The number of nitro groups is 1. The average molecular weight is 411 g/mol. The van der Waals surface area contributed by atoms with E-state index in [-0.39, 0.29) is 29.8 Å². The molecule has 1 aromatic carbocycles. The van der Waals surface area contributed by atoms with Gasteiger partial charge in [0, 0.05) is 50.4 Å². The molecule has 0 radical (unpaired) electrons. The van der Waals surface area contributed by atoms with Crippen LogP contribution in [-0.4, -0.2) is 78.1 Å². The molecule has 0 saturated carbocycles. The molecule has 9 heteroatoms. The van der Waals surface area contributed by atoms with Crippen LogP contribution in [0.3, 0.4) is 0 Å². The highest BCUT2D eigenvalue weighted by Gasteiger charge is 2.33. The molecular formula is C19H27ClN4O4. The SMILES string of the molecule is CC1CN(C(=O)C(C)N2CCN(c3ccc(Cl)cc3[N+](=O)[O-])CC2)CC(C)O1. The molecule has 2 saturated heterocycles. The third kappa shape index (κ3) is 4.56. The summed E-state index contributed by atoms with van der Waals surface area (Å²) in [5.74, 6) is 0.118. The van der Waals surface area contributed by atoms with Crippen LogP contribution in [0, 0.1) is 10.1 Å². The molecule has 2 aliphatic heterocycles. The van der Waals surface area contributed by atoms with Gasteiger partial charge in [0.1, 0.15) is 5.69 Å². The number of hydrogen-bond donors (Lipinski definition) is 0. The summed E-state index contributed by atoms with van der Waals surface area (Å²) < 4.78 is 5.72. The highest BCUT2D eigenvalue weighted by atomic mass is 35.5. The predicted octanol–water partition coefficient (Wildman–Crippen LogP) is 2.39. The van der Waals surface area contributed by atoms with E-state index in [2.05, 4.69) is 4.90 Å². The van der Waals surface area contributed by atoms with Crippen molar-refractivity contribution in [3.05, 3.63) is 33.3 Å². The molecule has 2 fully saturated rings. The van der Waals surface area contributed by atoms with Crippen LogP contribution in [0.5, 0.6) is 0 Å². The van der Waals surface area contributed by atoms with Crippen molar-refractivity contribution in [1.29, 1.82) is 0 Å². The van der Waals surface area contributed by atoms with Crippen LogP contribution in [0.15, 0.2) is 18.2 Å². The van der Waals surface area contributed by atoms with Crippen LogP contribution >= 0.6 is 11.6 Å². The molecule has 28 heavy (non-hydrogen) atoms. The smallest absolute Gasteiger partial charge is 0.294 e. The topological polar surface area (TPSA) is 79.2 Å². The van der Waals surface area contributed by atoms with E-state index in [1.54, 1.807) is 12.1 Å². The summed E-state index contributed by atoms with van der Waals surface area (Å²) in [5.41, 5.74) is 0.588. The summed E-state index contributed by atoms with van der Waals surface area (Å²) in [5, 5.41) is 11.7. The van der Waals surface area contributed by atoms with Crippen LogP contribution in [-0.2, 0) is 9.53 Å². The van der Waals surface area contributed by atoms with Crippen molar-refractivity contribution in [3.8, 4) is 0 Å². The fourth-order valence-corrected chi connectivity index (χ4v) is 4.20. The van der Waals surface area contributed by atoms with E-state index in [0.29, 0.717) is 50.0 Å². The molecule has 0 aromatic heterocycles. The van der Waals surface area contributed by atoms with Crippen molar-refractivity contribution in [1.82, 2.24) is 9.80 Å². The van der Waals surface area contributed by atoms with Gasteiger partial charge in [-0.3, -0.25) is 19.8 Å². The average Bonchev–Trinajstić information content (AvgIpc) is 2.66. The lowest BCUT2D eigenvalue weighted by Gasteiger charge is -2.41. The van der Waals surface area contributed by atoms with Crippen molar-refractivity contribution >= 4 is 28.9 Å². The molecule has 0 bridgehead atoms. The van der Waals surface area contributed by atoms with Crippen LogP contribution < -0.4 is 4.90 Å². The second-order valence-corrected chi connectivity index (χ2v) is 8.03. The van der Waals surface area contributed by atoms with Gasteiger partial charge in [0.2, 0.25) is 5.91 Å². The number of ether oxygens (including phenoxy) is 1. The van der Waals surface area contributed by atoms with Crippen molar-refractivity contribution in [2.75, 3.05) is 44.2 Å². The zero-order valence-electron chi connectivity index (χ0n) is 16.5. The molecular weight excluding hydrogens is 384 g/mol. The van der Waals surface area contributed by atoms with Gasteiger partial charge in [0.15, 0.2) is 0 Å². The monoisotopic (exact) mass is 410 g/mol. The number of benzene rings is 1. The fraction of sp³-hybridized carbons (Fsp3) is 0.632. The number of carbonyl (C=O) groups is 1. The van der Waals surface area contributed by atoms with Crippen molar-refractivity contribution in [3.63, 3.8) is 0 Å². The zero-order valence-corrected chi connectivity index (χ0v) is 17.3. The normalized spacial score (nSPS) is 24.9. The molecule has 0 spiro atoms. The molecule has 0 aliphatic carbocycles. The second-order valence-electron chi connectivity index (χ2n) is 7.59. The van der Waals surface area contributed by atoms with Gasteiger partial charge >= 0.3 is 0 Å². The summed E-state index contributed by atoms with van der Waals surface area (Å²) >= 11 is 5.91. The molecule has 0 N–H and O–H groups in total. The quantitative estimate of drug-likeness (QED) is 0.560. The zero-order chi connectivity index (χ0) is 20.4. The molecule has 2 aliphatic rings. The Balaban J connectivity index is 1.62. The highest BCUT2D eigenvalue weighted by molar-refractivity contribution is 6.30. The number of hydrogen-bond acceptors (Lipinski definition) is 6. The first-order valence-electron chi connectivity index (χ1n) is 9.63. The van der Waals surface area contributed by atoms with Gasteiger partial charge in [0.05, 0.1) is 23.2 Å². The Bertz CT molecular complexity index is 729. The number of nitro benzene ring substituents is 1. The second kappa shape index (κ2) is 8.63. The minimum Gasteiger partial charge on any atom is -0.372 e. The number of anilines is 1. The molecule has 3 unspecified atom stereocenters. The molecule has 8 nitrogen and oxygen atoms in total. The maximum Gasteiger partial charge on any atom is 0.294 e. The molecule has 3 atom stereocenters. The Morgan fingerprint density at radius 2 is 1.82 bits per heavy atom. The molecule has 2 heterocycles. The predicted molar refractivity (Wildman–Crippen MR) is 108 cm³/mol. The lowest BCUT2D eigenvalue weighted by atomic mass is 10.1. The Hall–Kier alpha value is -1.90. The lowest BCUT2D eigenvalue weighted by Crippen LogP contribution is -2.57. The van der Waals surface area contributed by atoms with Crippen molar-refractivity contribution < 1.29 is 14.5 Å². The van der Waals surface area contributed by atoms with Gasteiger partial charge < -0.3 is 14.5 Å². The first-order chi connectivity index (χ1) is 13.3. The summed E-state index contributed by atoms with van der Waals surface area (Å²) in [6.07, 6.45) is 0.0874.